The Morgan fingerprint density at radius 2 is 1.86 bits per heavy atom. The molecule has 0 unspecified atom stereocenters. The predicted molar refractivity (Wildman–Crippen MR) is 145 cm³/mol. The van der Waals surface area contributed by atoms with Crippen LogP contribution in [0.3, 0.4) is 0 Å². The summed E-state index contributed by atoms with van der Waals surface area (Å²) in [5.41, 5.74) is 3.73. The summed E-state index contributed by atoms with van der Waals surface area (Å²) in [6, 6.07) is 3.42. The number of ether oxygens (including phenoxy) is 3. The average Bonchev–Trinajstić information content (AvgIpc) is 2.82. The minimum atomic E-state index is -0.610. The Labute approximate surface area is 223 Å². The fourth-order valence-electron chi connectivity index (χ4n) is 3.85. The minimum Gasteiger partial charge on any atom is -0.492 e. The van der Waals surface area contributed by atoms with Crippen molar-refractivity contribution >= 4 is 34.0 Å². The molecule has 1 aromatic rings. The largest absolute Gasteiger partial charge is 0.492 e. The first-order chi connectivity index (χ1) is 16.9. The number of anilines is 1. The number of hydrogen-bond donors (Lipinski definition) is 0. The van der Waals surface area contributed by atoms with Crippen LogP contribution in [0.1, 0.15) is 53.9 Å². The summed E-state index contributed by atoms with van der Waals surface area (Å²) in [4.78, 5) is 27.9. The monoisotopic (exact) mass is 570 g/mol. The lowest BCUT2D eigenvalue weighted by molar-refractivity contribution is -0.107. The van der Waals surface area contributed by atoms with Gasteiger partial charge in [-0.05, 0) is 73.3 Å². The van der Waals surface area contributed by atoms with Crippen LogP contribution in [0.4, 0.5) is 14.9 Å². The van der Waals surface area contributed by atoms with Crippen LogP contribution in [-0.2, 0) is 14.3 Å². The summed E-state index contributed by atoms with van der Waals surface area (Å²) in [5.74, 6) is -0.356. The molecule has 1 aromatic carbocycles. The second kappa shape index (κ2) is 14.4. The average molecular weight is 572 g/mol. The number of methoxy groups -OCH3 is 2. The van der Waals surface area contributed by atoms with E-state index in [0.29, 0.717) is 29.7 Å². The first-order valence-corrected chi connectivity index (χ1v) is 12.6. The Kier molecular flexibility index (Phi) is 12.6. The molecular weight excluding hydrogens is 531 g/mol. The zero-order chi connectivity index (χ0) is 27.6. The third-order valence-corrected chi connectivity index (χ3v) is 6.28. The van der Waals surface area contributed by atoms with Gasteiger partial charge < -0.3 is 28.8 Å². The molecule has 1 heterocycles. The molecule has 2 rings (SSSR count). The Bertz CT molecular complexity index is 985. The zero-order valence-corrected chi connectivity index (χ0v) is 24.5. The van der Waals surface area contributed by atoms with E-state index >= 15 is 0 Å². The highest BCUT2D eigenvalue weighted by molar-refractivity contribution is 9.10. The number of benzene rings is 1. The van der Waals surface area contributed by atoms with E-state index in [-0.39, 0.29) is 12.2 Å². The lowest BCUT2D eigenvalue weighted by Crippen LogP contribution is -2.43. The van der Waals surface area contributed by atoms with Crippen molar-refractivity contribution in [3.05, 3.63) is 44.8 Å². The molecule has 36 heavy (non-hydrogen) atoms. The Morgan fingerprint density at radius 3 is 2.36 bits per heavy atom. The van der Waals surface area contributed by atoms with Crippen molar-refractivity contribution < 1.29 is 28.2 Å². The van der Waals surface area contributed by atoms with Crippen molar-refractivity contribution in [1.29, 1.82) is 0 Å². The van der Waals surface area contributed by atoms with Crippen molar-refractivity contribution in [2.24, 2.45) is 0 Å². The summed E-state index contributed by atoms with van der Waals surface area (Å²) in [5, 5.41) is 0. The van der Waals surface area contributed by atoms with Crippen LogP contribution in [0.5, 0.6) is 5.75 Å². The maximum atomic E-state index is 14.7. The third kappa shape index (κ3) is 8.34. The van der Waals surface area contributed by atoms with Gasteiger partial charge in [0.25, 0.3) is 0 Å². The topological polar surface area (TPSA) is 68.3 Å². The van der Waals surface area contributed by atoms with Crippen molar-refractivity contribution in [2.75, 3.05) is 46.4 Å². The van der Waals surface area contributed by atoms with E-state index in [4.69, 9.17) is 9.47 Å². The molecule has 1 aliphatic rings. The maximum Gasteiger partial charge on any atom is 0.410 e. The number of halogens is 2. The fraction of sp³-hybridized carbons (Fsp3) is 0.556. The van der Waals surface area contributed by atoms with E-state index in [2.05, 4.69) is 20.7 Å². The number of aldehydes is 1. The molecule has 0 saturated carbocycles. The van der Waals surface area contributed by atoms with Crippen molar-refractivity contribution in [2.45, 2.75) is 59.5 Å². The molecule has 0 atom stereocenters. The molecule has 0 N–H and O–H groups in total. The van der Waals surface area contributed by atoms with Gasteiger partial charge in [-0.15, -0.1) is 0 Å². The molecule has 9 heteroatoms. The molecule has 0 fully saturated rings. The molecule has 1 amide bonds. The molecule has 0 spiro atoms. The molecule has 0 bridgehead atoms. The molecule has 0 aliphatic carbocycles. The van der Waals surface area contributed by atoms with E-state index in [9.17, 15) is 14.0 Å². The number of amides is 1. The van der Waals surface area contributed by atoms with Crippen LogP contribution >= 0.6 is 15.9 Å². The van der Waals surface area contributed by atoms with Gasteiger partial charge in [0.05, 0.1) is 23.8 Å². The molecule has 7 nitrogen and oxygen atoms in total. The Morgan fingerprint density at radius 1 is 1.25 bits per heavy atom. The second-order valence-electron chi connectivity index (χ2n) is 9.44. The smallest absolute Gasteiger partial charge is 0.410 e. The van der Waals surface area contributed by atoms with Crippen LogP contribution in [0.2, 0.25) is 0 Å². The highest BCUT2D eigenvalue weighted by Crippen LogP contribution is 2.39. The van der Waals surface area contributed by atoms with Crippen LogP contribution in [0.25, 0.3) is 0 Å². The van der Waals surface area contributed by atoms with E-state index in [1.54, 1.807) is 31.3 Å². The van der Waals surface area contributed by atoms with Gasteiger partial charge in [-0.25, -0.2) is 9.18 Å². The lowest BCUT2D eigenvalue weighted by Gasteiger charge is -2.37. The van der Waals surface area contributed by atoms with E-state index in [1.807, 2.05) is 46.6 Å². The number of carbonyl (C=O) groups excluding carboxylic acids is 2. The minimum absolute atomic E-state index is 0.126. The summed E-state index contributed by atoms with van der Waals surface area (Å²) >= 11 is 3.21. The van der Waals surface area contributed by atoms with Crippen molar-refractivity contribution in [3.8, 4) is 5.75 Å². The van der Waals surface area contributed by atoms with E-state index in [0.717, 1.165) is 35.1 Å². The number of nitrogens with zero attached hydrogens (tertiary/aromatic N) is 2. The molecule has 0 radical (unpaired) electrons. The van der Waals surface area contributed by atoms with E-state index in [1.165, 1.54) is 7.11 Å². The van der Waals surface area contributed by atoms with Crippen LogP contribution < -0.4 is 9.64 Å². The molecule has 0 aromatic heterocycles. The lowest BCUT2D eigenvalue weighted by atomic mass is 9.91. The van der Waals surface area contributed by atoms with Gasteiger partial charge in [-0.2, -0.15) is 0 Å². The molecule has 202 valence electrons. The Balaban J connectivity index is 0.00000205. The van der Waals surface area contributed by atoms with Gasteiger partial charge >= 0.3 is 6.09 Å². The maximum absolute atomic E-state index is 14.7. The van der Waals surface area contributed by atoms with Gasteiger partial charge in [-0.1, -0.05) is 12.5 Å². The summed E-state index contributed by atoms with van der Waals surface area (Å²) in [7, 11) is 6.53. The summed E-state index contributed by atoms with van der Waals surface area (Å²) in [6.45, 7) is 10.3. The quantitative estimate of drug-likeness (QED) is 0.348. The third-order valence-electron chi connectivity index (χ3n) is 5.66. The first kappa shape index (κ1) is 31.6. The normalized spacial score (nSPS) is 14.5. The highest BCUT2D eigenvalue weighted by Gasteiger charge is 2.31. The van der Waals surface area contributed by atoms with Gasteiger partial charge in [0, 0.05) is 46.4 Å². The molecule has 1 aliphatic heterocycles. The fourth-order valence-corrected chi connectivity index (χ4v) is 4.16. The SMILES string of the molecule is CCC(C)=C(CC=O)C1=C(N(C)c2ccc(Br)c(F)c2OC)CCN(C(=O)OC(C)(C)C)C1.COC. The standard InChI is InChI=1S/C25H34BrFN2O4.C2H6O/c1-8-16(2)17(12-14-30)18-15-29(24(31)33-25(3,4)5)13-11-20(18)28(6)21-10-9-19(26)22(27)23(21)32-7;1-3-2/h9-10,14H,8,11-13,15H2,1-7H3;1-2H3. The number of rotatable bonds is 7. The number of allylic oxidation sites excluding steroid dienone is 1. The van der Waals surface area contributed by atoms with E-state index < -0.39 is 17.5 Å². The predicted octanol–water partition coefficient (Wildman–Crippen LogP) is 6.51. The van der Waals surface area contributed by atoms with Crippen molar-refractivity contribution in [3.63, 3.8) is 0 Å². The number of carbonyl (C=O) groups is 2. The van der Waals surface area contributed by atoms with Crippen LogP contribution in [0.15, 0.2) is 39.0 Å². The second-order valence-corrected chi connectivity index (χ2v) is 10.3. The molecular formula is C27H40BrFN2O5. The highest BCUT2D eigenvalue weighted by atomic mass is 79.9. The summed E-state index contributed by atoms with van der Waals surface area (Å²) < 4.78 is 30.3. The van der Waals surface area contributed by atoms with Crippen LogP contribution in [-0.4, -0.2) is 64.3 Å². The summed E-state index contributed by atoms with van der Waals surface area (Å²) in [6.07, 6.45) is 2.01. The molecule has 0 saturated heterocycles. The Hall–Kier alpha value is -2.39. The zero-order valence-electron chi connectivity index (χ0n) is 23.0. The van der Waals surface area contributed by atoms with Gasteiger partial charge in [0.2, 0.25) is 0 Å². The van der Waals surface area contributed by atoms with Gasteiger partial charge in [-0.3, -0.25) is 0 Å². The van der Waals surface area contributed by atoms with Gasteiger partial charge in [0.1, 0.15) is 11.9 Å². The van der Waals surface area contributed by atoms with Crippen LogP contribution in [0, 0.1) is 5.82 Å². The first-order valence-electron chi connectivity index (χ1n) is 11.8. The van der Waals surface area contributed by atoms with Crippen molar-refractivity contribution in [1.82, 2.24) is 4.90 Å². The van der Waals surface area contributed by atoms with Gasteiger partial charge in [0.15, 0.2) is 11.6 Å². The number of hydrogen-bond acceptors (Lipinski definition) is 6.